The number of nitrogens with one attached hydrogen (secondary N) is 1. The monoisotopic (exact) mass is 526 g/mol. The second kappa shape index (κ2) is 12.1. The molecule has 0 aliphatic heterocycles. The summed E-state index contributed by atoms with van der Waals surface area (Å²) in [6.07, 6.45) is -4.07. The highest BCUT2D eigenvalue weighted by Crippen LogP contribution is 2.32. The fourth-order valence-electron chi connectivity index (χ4n) is 3.69. The first kappa shape index (κ1) is 26.4. The van der Waals surface area contributed by atoms with Crippen LogP contribution in [0.2, 0.25) is 0 Å². The lowest BCUT2D eigenvalue weighted by atomic mass is 10.1. The minimum absolute atomic E-state index is 0.207. The Hall–Kier alpha value is -3.63. The molecule has 1 amide bonds. The summed E-state index contributed by atoms with van der Waals surface area (Å²) < 4.78 is 46.9. The van der Waals surface area contributed by atoms with Gasteiger partial charge >= 0.3 is 6.18 Å². The summed E-state index contributed by atoms with van der Waals surface area (Å²) in [4.78, 5) is 12.4. The highest BCUT2D eigenvalue weighted by molar-refractivity contribution is 7.98. The number of thioether (sulfide) groups is 1. The lowest BCUT2D eigenvalue weighted by Crippen LogP contribution is -2.26. The van der Waals surface area contributed by atoms with Gasteiger partial charge in [0.2, 0.25) is 0 Å². The van der Waals surface area contributed by atoms with Gasteiger partial charge in [-0.05, 0) is 41.5 Å². The molecule has 0 saturated carbocycles. The SMILES string of the molecule is COCCNC(=O)c1cccc(CSc2nnc(Cc3ccccc3)n2-c2cccc(C(F)(F)F)c2)c1. The molecule has 0 radical (unpaired) electrons. The molecule has 4 rings (SSSR count). The van der Waals surface area contributed by atoms with Crippen LogP contribution in [-0.2, 0) is 23.1 Å². The molecular weight excluding hydrogens is 501 g/mol. The maximum Gasteiger partial charge on any atom is 0.416 e. The summed E-state index contributed by atoms with van der Waals surface area (Å²) in [5.41, 5.74) is 1.93. The zero-order chi connectivity index (χ0) is 26.3. The van der Waals surface area contributed by atoms with E-state index in [4.69, 9.17) is 4.74 Å². The van der Waals surface area contributed by atoms with Crippen LogP contribution in [-0.4, -0.2) is 40.9 Å². The van der Waals surface area contributed by atoms with Crippen molar-refractivity contribution in [2.24, 2.45) is 0 Å². The highest BCUT2D eigenvalue weighted by atomic mass is 32.2. The molecule has 0 aliphatic rings. The first-order chi connectivity index (χ1) is 17.8. The number of benzene rings is 3. The number of aromatic nitrogens is 3. The van der Waals surface area contributed by atoms with E-state index in [1.54, 1.807) is 35.9 Å². The van der Waals surface area contributed by atoms with E-state index in [1.807, 2.05) is 36.4 Å². The van der Waals surface area contributed by atoms with Gasteiger partial charge in [0.25, 0.3) is 5.91 Å². The van der Waals surface area contributed by atoms with Gasteiger partial charge in [-0.25, -0.2) is 0 Å². The van der Waals surface area contributed by atoms with E-state index in [1.165, 1.54) is 17.8 Å². The summed E-state index contributed by atoms with van der Waals surface area (Å²) in [6, 6.07) is 21.9. The van der Waals surface area contributed by atoms with Gasteiger partial charge in [-0.3, -0.25) is 9.36 Å². The number of carbonyl (C=O) groups excluding carboxylic acids is 1. The normalized spacial score (nSPS) is 11.5. The molecular formula is C27H25F3N4O2S. The third kappa shape index (κ3) is 6.99. The number of rotatable bonds is 10. The van der Waals surface area contributed by atoms with Gasteiger partial charge < -0.3 is 10.1 Å². The summed E-state index contributed by atoms with van der Waals surface area (Å²) in [5.74, 6) is 0.766. The highest BCUT2D eigenvalue weighted by Gasteiger charge is 2.31. The molecule has 1 heterocycles. The van der Waals surface area contributed by atoms with Crippen LogP contribution in [0.1, 0.15) is 32.9 Å². The van der Waals surface area contributed by atoms with Crippen LogP contribution in [0.4, 0.5) is 13.2 Å². The van der Waals surface area contributed by atoms with E-state index < -0.39 is 11.7 Å². The standard InChI is InChI=1S/C27H25F3N4O2S/c1-36-14-13-31-25(35)21-10-5-9-20(15-21)18-37-26-33-32-24(16-19-7-3-2-4-8-19)34(26)23-12-6-11-22(17-23)27(28,29)30/h2-12,15,17H,13-14,16,18H2,1H3,(H,31,35). The predicted octanol–water partition coefficient (Wildman–Crippen LogP) is 5.55. The summed E-state index contributed by atoms with van der Waals surface area (Å²) in [7, 11) is 1.56. The van der Waals surface area contributed by atoms with E-state index in [2.05, 4.69) is 15.5 Å². The van der Waals surface area contributed by atoms with Crippen LogP contribution < -0.4 is 5.32 Å². The number of nitrogens with zero attached hydrogens (tertiary/aromatic N) is 3. The third-order valence-corrected chi connectivity index (χ3v) is 6.49. The summed E-state index contributed by atoms with van der Waals surface area (Å²) in [6.45, 7) is 0.816. The first-order valence-corrected chi connectivity index (χ1v) is 12.5. The van der Waals surface area contributed by atoms with Crippen LogP contribution in [0.3, 0.4) is 0 Å². The Morgan fingerprint density at radius 3 is 2.49 bits per heavy atom. The fourth-order valence-corrected chi connectivity index (χ4v) is 4.60. The van der Waals surface area contributed by atoms with Crippen molar-refractivity contribution in [1.82, 2.24) is 20.1 Å². The van der Waals surface area contributed by atoms with Gasteiger partial charge in [0, 0.05) is 31.4 Å². The largest absolute Gasteiger partial charge is 0.416 e. The number of methoxy groups -OCH3 is 1. The number of halogens is 3. The molecule has 0 bridgehead atoms. The smallest absolute Gasteiger partial charge is 0.383 e. The zero-order valence-electron chi connectivity index (χ0n) is 20.0. The van der Waals surface area contributed by atoms with Gasteiger partial charge in [-0.2, -0.15) is 13.2 Å². The predicted molar refractivity (Wildman–Crippen MR) is 136 cm³/mol. The van der Waals surface area contributed by atoms with E-state index >= 15 is 0 Å². The number of carbonyl (C=O) groups is 1. The van der Waals surface area contributed by atoms with Crippen LogP contribution >= 0.6 is 11.8 Å². The van der Waals surface area contributed by atoms with Crippen molar-refractivity contribution in [3.63, 3.8) is 0 Å². The quantitative estimate of drug-likeness (QED) is 0.217. The van der Waals surface area contributed by atoms with Crippen LogP contribution in [0.15, 0.2) is 84.0 Å². The second-order valence-electron chi connectivity index (χ2n) is 8.18. The average molecular weight is 527 g/mol. The maximum absolute atomic E-state index is 13.4. The minimum atomic E-state index is -4.47. The van der Waals surface area contributed by atoms with Crippen molar-refractivity contribution in [2.45, 2.75) is 23.5 Å². The Kier molecular flexibility index (Phi) is 8.62. The van der Waals surface area contributed by atoms with E-state index in [9.17, 15) is 18.0 Å². The number of alkyl halides is 3. The third-order valence-electron chi connectivity index (χ3n) is 5.49. The molecule has 192 valence electrons. The Morgan fingerprint density at radius 2 is 1.73 bits per heavy atom. The molecule has 0 atom stereocenters. The van der Waals surface area contributed by atoms with Crippen LogP contribution in [0.25, 0.3) is 5.69 Å². The zero-order valence-corrected chi connectivity index (χ0v) is 20.9. The van der Waals surface area contributed by atoms with Gasteiger partial charge in [-0.1, -0.05) is 60.3 Å². The van der Waals surface area contributed by atoms with Crippen molar-refractivity contribution in [3.05, 3.63) is 107 Å². The van der Waals surface area contributed by atoms with E-state index in [-0.39, 0.29) is 5.91 Å². The van der Waals surface area contributed by atoms with Gasteiger partial charge in [-0.15, -0.1) is 10.2 Å². The van der Waals surface area contributed by atoms with Crippen molar-refractivity contribution in [2.75, 3.05) is 20.3 Å². The lowest BCUT2D eigenvalue weighted by molar-refractivity contribution is -0.137. The van der Waals surface area contributed by atoms with Crippen LogP contribution in [0.5, 0.6) is 0 Å². The van der Waals surface area contributed by atoms with Gasteiger partial charge in [0.15, 0.2) is 5.16 Å². The second-order valence-corrected chi connectivity index (χ2v) is 9.12. The summed E-state index contributed by atoms with van der Waals surface area (Å²) >= 11 is 1.34. The molecule has 0 fully saturated rings. The minimum Gasteiger partial charge on any atom is -0.383 e. The van der Waals surface area contributed by atoms with Crippen LogP contribution in [0, 0.1) is 0 Å². The number of ether oxygens (including phenoxy) is 1. The molecule has 0 saturated heterocycles. The maximum atomic E-state index is 13.4. The topological polar surface area (TPSA) is 69.0 Å². The molecule has 0 spiro atoms. The number of amides is 1. The van der Waals surface area contributed by atoms with Crippen molar-refractivity contribution >= 4 is 17.7 Å². The number of hydrogen-bond donors (Lipinski definition) is 1. The van der Waals surface area contributed by atoms with Crippen molar-refractivity contribution in [3.8, 4) is 5.69 Å². The molecule has 3 aromatic carbocycles. The molecule has 1 N–H and O–H groups in total. The Balaban J connectivity index is 1.61. The molecule has 1 aromatic heterocycles. The molecule has 0 aliphatic carbocycles. The fraction of sp³-hybridized carbons (Fsp3) is 0.222. The molecule has 10 heteroatoms. The lowest BCUT2D eigenvalue weighted by Gasteiger charge is -2.13. The Labute approximate surface area is 216 Å². The molecule has 37 heavy (non-hydrogen) atoms. The van der Waals surface area contributed by atoms with Crippen molar-refractivity contribution < 1.29 is 22.7 Å². The van der Waals surface area contributed by atoms with Crippen molar-refractivity contribution in [1.29, 1.82) is 0 Å². The molecule has 4 aromatic rings. The first-order valence-electron chi connectivity index (χ1n) is 11.5. The van der Waals surface area contributed by atoms with Gasteiger partial charge in [0.1, 0.15) is 5.82 Å². The van der Waals surface area contributed by atoms with E-state index in [0.29, 0.717) is 47.6 Å². The molecule has 6 nitrogen and oxygen atoms in total. The van der Waals surface area contributed by atoms with Gasteiger partial charge in [0.05, 0.1) is 17.9 Å². The van der Waals surface area contributed by atoms with E-state index in [0.717, 1.165) is 23.3 Å². The average Bonchev–Trinajstić information content (AvgIpc) is 3.30. The Bertz CT molecular complexity index is 1340. The Morgan fingerprint density at radius 1 is 0.973 bits per heavy atom. The number of hydrogen-bond acceptors (Lipinski definition) is 5. The molecule has 0 unspecified atom stereocenters. The summed E-state index contributed by atoms with van der Waals surface area (Å²) in [5, 5.41) is 11.9.